The smallest absolute Gasteiger partial charge is 0.415 e. The highest BCUT2D eigenvalue weighted by Crippen LogP contribution is 2.31. The van der Waals surface area contributed by atoms with Crippen LogP contribution in [0.3, 0.4) is 0 Å². The fourth-order valence-electron chi connectivity index (χ4n) is 2.46. The average molecular weight is 402 g/mol. The van der Waals surface area contributed by atoms with Crippen LogP contribution in [0.2, 0.25) is 0 Å². The van der Waals surface area contributed by atoms with E-state index < -0.39 is 38.2 Å². The Bertz CT molecular complexity index is 1180. The Labute approximate surface area is 149 Å². The number of nitrogens with two attached hydrogens (primary N) is 1. The Morgan fingerprint density at radius 2 is 1.78 bits per heavy atom. The first-order valence-corrected chi connectivity index (χ1v) is 8.74. The largest absolute Gasteiger partial charge is 0.424 e. The molecule has 0 aliphatic rings. The van der Waals surface area contributed by atoms with Crippen LogP contribution in [0, 0.1) is 5.82 Å². The van der Waals surface area contributed by atoms with Crippen LogP contribution >= 0.6 is 0 Å². The van der Waals surface area contributed by atoms with Gasteiger partial charge in [0.2, 0.25) is 10.0 Å². The third kappa shape index (κ3) is 3.64. The summed E-state index contributed by atoms with van der Waals surface area (Å²) < 4.78 is 80.9. The van der Waals surface area contributed by atoms with Crippen LogP contribution in [0.25, 0.3) is 16.9 Å². The van der Waals surface area contributed by atoms with Gasteiger partial charge in [0.1, 0.15) is 17.0 Å². The second-order valence-electron chi connectivity index (χ2n) is 5.46. The van der Waals surface area contributed by atoms with Crippen molar-refractivity contribution in [3.05, 3.63) is 70.7 Å². The number of alkyl halides is 3. The maximum atomic E-state index is 14.1. The standard InChI is InChI=1S/C16H10F4N2O4S/c17-12-6-9(4-5-14(12)27(21,24)25)13-8-26-15(23)22(13)11-3-1-2-10(7-11)16(18,19)20/h1-8H,(H2,21,24,25). The van der Waals surface area contributed by atoms with E-state index in [2.05, 4.69) is 0 Å². The van der Waals surface area contributed by atoms with E-state index in [1.54, 1.807) is 0 Å². The fourth-order valence-corrected chi connectivity index (χ4v) is 3.05. The number of aromatic nitrogens is 1. The van der Waals surface area contributed by atoms with Gasteiger partial charge in [0.05, 0.1) is 16.9 Å². The maximum Gasteiger partial charge on any atom is 0.424 e. The third-order valence-electron chi connectivity index (χ3n) is 3.66. The van der Waals surface area contributed by atoms with Crippen molar-refractivity contribution in [1.82, 2.24) is 4.57 Å². The van der Waals surface area contributed by atoms with Crippen molar-refractivity contribution in [2.24, 2.45) is 5.14 Å². The van der Waals surface area contributed by atoms with Crippen LogP contribution in [-0.2, 0) is 16.2 Å². The third-order valence-corrected chi connectivity index (χ3v) is 4.60. The van der Waals surface area contributed by atoms with Crippen molar-refractivity contribution >= 4 is 10.0 Å². The van der Waals surface area contributed by atoms with Crippen molar-refractivity contribution in [1.29, 1.82) is 0 Å². The minimum Gasteiger partial charge on any atom is -0.415 e. The summed E-state index contributed by atoms with van der Waals surface area (Å²) >= 11 is 0. The van der Waals surface area contributed by atoms with Gasteiger partial charge in [0, 0.05) is 5.56 Å². The van der Waals surface area contributed by atoms with Gasteiger partial charge in [-0.05, 0) is 30.3 Å². The Morgan fingerprint density at radius 3 is 2.37 bits per heavy atom. The normalized spacial score (nSPS) is 12.3. The molecule has 0 saturated heterocycles. The van der Waals surface area contributed by atoms with Crippen molar-refractivity contribution in [2.75, 3.05) is 0 Å². The number of sulfonamides is 1. The highest BCUT2D eigenvalue weighted by atomic mass is 32.2. The second-order valence-corrected chi connectivity index (χ2v) is 6.99. The van der Waals surface area contributed by atoms with Crippen molar-refractivity contribution in [3.8, 4) is 16.9 Å². The van der Waals surface area contributed by atoms with E-state index in [-0.39, 0.29) is 16.9 Å². The van der Waals surface area contributed by atoms with Gasteiger partial charge in [-0.25, -0.2) is 27.3 Å². The number of oxazole rings is 1. The predicted molar refractivity (Wildman–Crippen MR) is 86.1 cm³/mol. The molecule has 2 aromatic carbocycles. The SMILES string of the molecule is NS(=O)(=O)c1ccc(-c2coc(=O)n2-c2cccc(C(F)(F)F)c2)cc1F. The molecule has 2 N–H and O–H groups in total. The summed E-state index contributed by atoms with van der Waals surface area (Å²) in [5, 5.41) is 4.88. The summed E-state index contributed by atoms with van der Waals surface area (Å²) in [4.78, 5) is 11.2. The molecule has 1 heterocycles. The summed E-state index contributed by atoms with van der Waals surface area (Å²) in [7, 11) is -4.30. The number of primary sulfonamides is 1. The van der Waals surface area contributed by atoms with Crippen LogP contribution in [0.5, 0.6) is 0 Å². The van der Waals surface area contributed by atoms with Crippen molar-refractivity contribution in [2.45, 2.75) is 11.1 Å². The van der Waals surface area contributed by atoms with Crippen LogP contribution in [0.1, 0.15) is 5.56 Å². The maximum absolute atomic E-state index is 14.1. The summed E-state index contributed by atoms with van der Waals surface area (Å²) in [5.41, 5.74) is -1.22. The van der Waals surface area contributed by atoms with E-state index in [1.807, 2.05) is 0 Å². The van der Waals surface area contributed by atoms with Gasteiger partial charge < -0.3 is 4.42 Å². The van der Waals surface area contributed by atoms with Gasteiger partial charge >= 0.3 is 11.9 Å². The molecule has 0 spiro atoms. The van der Waals surface area contributed by atoms with Gasteiger partial charge in [-0.15, -0.1) is 0 Å². The molecule has 27 heavy (non-hydrogen) atoms. The van der Waals surface area contributed by atoms with Gasteiger partial charge in [-0.2, -0.15) is 13.2 Å². The minimum atomic E-state index is -4.63. The van der Waals surface area contributed by atoms with E-state index in [9.17, 15) is 30.8 Å². The zero-order valence-corrected chi connectivity index (χ0v) is 14.0. The van der Waals surface area contributed by atoms with Crippen LogP contribution in [-0.4, -0.2) is 13.0 Å². The first-order chi connectivity index (χ1) is 12.5. The molecule has 11 heteroatoms. The molecule has 1 aromatic heterocycles. The Morgan fingerprint density at radius 1 is 1.07 bits per heavy atom. The number of hydrogen-bond donors (Lipinski definition) is 1. The molecule has 142 valence electrons. The molecule has 0 bridgehead atoms. The molecular weight excluding hydrogens is 392 g/mol. The van der Waals surface area contributed by atoms with E-state index in [0.717, 1.165) is 47.2 Å². The first kappa shape index (κ1) is 18.9. The van der Waals surface area contributed by atoms with Crippen molar-refractivity contribution < 1.29 is 30.4 Å². The molecular formula is C16H10F4N2O4S. The van der Waals surface area contributed by atoms with E-state index in [4.69, 9.17) is 9.56 Å². The van der Waals surface area contributed by atoms with E-state index in [1.165, 1.54) is 6.07 Å². The van der Waals surface area contributed by atoms with Gasteiger partial charge in [0.25, 0.3) is 0 Å². The number of halogens is 4. The highest BCUT2D eigenvalue weighted by Gasteiger charge is 2.31. The molecule has 0 saturated carbocycles. The molecule has 0 aliphatic carbocycles. The molecule has 0 aliphatic heterocycles. The Hall–Kier alpha value is -2.92. The summed E-state index contributed by atoms with van der Waals surface area (Å²) in [6, 6.07) is 6.72. The lowest BCUT2D eigenvalue weighted by atomic mass is 10.1. The van der Waals surface area contributed by atoms with Crippen LogP contribution in [0.15, 0.2) is 62.8 Å². The summed E-state index contributed by atoms with van der Waals surface area (Å²) in [6.07, 6.45) is -3.71. The number of benzene rings is 2. The lowest BCUT2D eigenvalue weighted by Gasteiger charge is -2.11. The molecule has 0 radical (unpaired) electrons. The van der Waals surface area contributed by atoms with Gasteiger partial charge in [-0.1, -0.05) is 12.1 Å². The minimum absolute atomic E-state index is 0.00293. The summed E-state index contributed by atoms with van der Waals surface area (Å²) in [5.74, 6) is -2.18. The Balaban J connectivity index is 2.17. The monoisotopic (exact) mass is 402 g/mol. The average Bonchev–Trinajstić information content (AvgIpc) is 2.94. The van der Waals surface area contributed by atoms with Crippen LogP contribution < -0.4 is 10.9 Å². The molecule has 0 amide bonds. The van der Waals surface area contributed by atoms with Crippen molar-refractivity contribution in [3.63, 3.8) is 0 Å². The predicted octanol–water partition coefficient (Wildman–Crippen LogP) is 2.90. The van der Waals surface area contributed by atoms with E-state index >= 15 is 0 Å². The number of rotatable bonds is 3. The highest BCUT2D eigenvalue weighted by molar-refractivity contribution is 7.89. The lowest BCUT2D eigenvalue weighted by Crippen LogP contribution is -2.15. The van der Waals surface area contributed by atoms with Crippen LogP contribution in [0.4, 0.5) is 17.6 Å². The first-order valence-electron chi connectivity index (χ1n) is 7.19. The summed E-state index contributed by atoms with van der Waals surface area (Å²) in [6.45, 7) is 0. The van der Waals surface area contributed by atoms with E-state index in [0.29, 0.717) is 0 Å². The van der Waals surface area contributed by atoms with Gasteiger partial charge in [-0.3, -0.25) is 0 Å². The molecule has 3 aromatic rings. The quantitative estimate of drug-likeness (QED) is 0.682. The molecule has 3 rings (SSSR count). The molecule has 6 nitrogen and oxygen atoms in total. The lowest BCUT2D eigenvalue weighted by molar-refractivity contribution is -0.137. The second kappa shape index (κ2) is 6.35. The zero-order chi connectivity index (χ0) is 20.0. The number of nitrogens with zero attached hydrogens (tertiary/aromatic N) is 1. The molecule has 0 atom stereocenters. The zero-order valence-electron chi connectivity index (χ0n) is 13.2. The topological polar surface area (TPSA) is 95.3 Å². The van der Waals surface area contributed by atoms with Gasteiger partial charge in [0.15, 0.2) is 0 Å². The molecule has 0 unspecified atom stereocenters. The Kier molecular flexibility index (Phi) is 4.44. The molecule has 0 fully saturated rings. The fraction of sp³-hybridized carbons (Fsp3) is 0.0625. The number of hydrogen-bond acceptors (Lipinski definition) is 4.